The van der Waals surface area contributed by atoms with Crippen LogP contribution in [0.2, 0.25) is 0 Å². The van der Waals surface area contributed by atoms with Crippen molar-refractivity contribution in [2.45, 2.75) is 0 Å². The summed E-state index contributed by atoms with van der Waals surface area (Å²) in [6.45, 7) is 0. The molecule has 0 spiro atoms. The van der Waals surface area contributed by atoms with Crippen LogP contribution in [-0.4, -0.2) is 22.4 Å². The predicted molar refractivity (Wildman–Crippen MR) is 15.7 cm³/mol. The molecule has 3 N–H and O–H groups in total. The van der Waals surface area contributed by atoms with Gasteiger partial charge in [-0.25, -0.2) is 0 Å². The molecule has 0 aromatic carbocycles. The molecule has 0 aliphatic rings. The lowest BCUT2D eigenvalue weighted by Crippen LogP contribution is -2.07. The minimum Gasteiger partial charge on any atom is -0.402 e. The zero-order chi connectivity index (χ0) is 6.28. The van der Waals surface area contributed by atoms with E-state index in [0.29, 0.717) is 0 Å². The summed E-state index contributed by atoms with van der Waals surface area (Å²) < 4.78 is 18.2. The van der Waals surface area contributed by atoms with E-state index < -0.39 is 7.32 Å². The first-order chi connectivity index (χ1) is 3.15. The lowest BCUT2D eigenvalue weighted by molar-refractivity contribution is -0.317. The molecule has 0 heterocycles. The Morgan fingerprint density at radius 1 is 1.14 bits per heavy atom. The minimum atomic E-state index is -2.17. The molecule has 0 saturated carbocycles. The van der Waals surface area contributed by atoms with Gasteiger partial charge in [-0.1, -0.05) is 0 Å². The number of hydrogen-bond acceptors (Lipinski definition) is 4. The number of hydrogen-bond donors (Lipinski definition) is 3. The van der Waals surface area contributed by atoms with Crippen molar-refractivity contribution in [2.75, 3.05) is 0 Å². The Labute approximate surface area is 37.9 Å². The van der Waals surface area contributed by atoms with E-state index in [9.17, 15) is 0 Å². The van der Waals surface area contributed by atoms with E-state index in [1.807, 2.05) is 0 Å². The molecule has 0 atom stereocenters. The van der Waals surface area contributed by atoms with Crippen LogP contribution in [0.5, 0.6) is 0 Å². The molecule has 0 rings (SSSR count). The van der Waals surface area contributed by atoms with E-state index in [1.54, 1.807) is 0 Å². The smallest absolute Gasteiger partial charge is 0.402 e. The topological polar surface area (TPSA) is 69.9 Å². The standard InChI is InChI=1S/BH3O3.F2O/c2-1(3)4;1-3-2/h2-4H;. The molecule has 0 bridgehead atoms. The van der Waals surface area contributed by atoms with Crippen molar-refractivity contribution in [3.8, 4) is 0 Å². The molecular formula is H3BF2O4. The molecule has 44 valence electrons. The molecule has 0 aromatic rings. The third-order valence-electron chi connectivity index (χ3n) is 0. The quantitative estimate of drug-likeness (QED) is 0.344. The van der Waals surface area contributed by atoms with Crippen LogP contribution in [0.4, 0.5) is 9.05 Å². The molecule has 0 aliphatic heterocycles. The Balaban J connectivity index is 0. The van der Waals surface area contributed by atoms with Crippen molar-refractivity contribution in [2.24, 2.45) is 0 Å². The molecule has 7 heavy (non-hydrogen) atoms. The van der Waals surface area contributed by atoms with Crippen LogP contribution in [0, 0.1) is 0 Å². The van der Waals surface area contributed by atoms with Crippen molar-refractivity contribution in [3.63, 3.8) is 0 Å². The van der Waals surface area contributed by atoms with Crippen LogP contribution >= 0.6 is 0 Å². The SMILES string of the molecule is FOF.OB(O)O. The van der Waals surface area contributed by atoms with Gasteiger partial charge in [-0.3, -0.25) is 0 Å². The number of rotatable bonds is 0. The van der Waals surface area contributed by atoms with Crippen molar-refractivity contribution in [3.05, 3.63) is 0 Å². The zero-order valence-electron chi connectivity index (χ0n) is 3.08. The van der Waals surface area contributed by atoms with Crippen LogP contribution in [0.15, 0.2) is 0 Å². The fourth-order valence-electron chi connectivity index (χ4n) is 0. The lowest BCUT2D eigenvalue weighted by Gasteiger charge is -1.69. The highest BCUT2D eigenvalue weighted by Crippen LogP contribution is 1.61. The normalized spacial score (nSPS) is 6.43. The first kappa shape index (κ1) is 9.90. The van der Waals surface area contributed by atoms with Crippen molar-refractivity contribution in [1.29, 1.82) is 0 Å². The first-order valence-electron chi connectivity index (χ1n) is 1.08. The first-order valence-corrected chi connectivity index (χ1v) is 1.08. The van der Waals surface area contributed by atoms with Crippen molar-refractivity contribution < 1.29 is 29.3 Å². The van der Waals surface area contributed by atoms with E-state index in [2.05, 4.69) is 0 Å². The third kappa shape index (κ3) is 1480. The minimum absolute atomic E-state index is 1.25. The second-order valence-electron chi connectivity index (χ2n) is 0.405. The molecular weight excluding hydrogens is 113 g/mol. The summed E-state index contributed by atoms with van der Waals surface area (Å²) in [6.07, 6.45) is 0. The van der Waals surface area contributed by atoms with Gasteiger partial charge < -0.3 is 15.1 Å². The second-order valence-corrected chi connectivity index (χ2v) is 0.405. The van der Waals surface area contributed by atoms with Crippen molar-refractivity contribution in [1.82, 2.24) is 0 Å². The molecule has 0 fully saturated rings. The maximum atomic E-state index is 9.12. The summed E-state index contributed by atoms with van der Waals surface area (Å²) in [5.41, 5.74) is 0. The van der Waals surface area contributed by atoms with Gasteiger partial charge in [0.2, 0.25) is 0 Å². The summed E-state index contributed by atoms with van der Waals surface area (Å²) >= 11 is 0. The van der Waals surface area contributed by atoms with Crippen LogP contribution in [0.3, 0.4) is 0 Å². The molecule has 0 aliphatic carbocycles. The van der Waals surface area contributed by atoms with Crippen LogP contribution in [0.1, 0.15) is 0 Å². The van der Waals surface area contributed by atoms with Gasteiger partial charge in [0.05, 0.1) is 0 Å². The van der Waals surface area contributed by atoms with E-state index >= 15 is 0 Å². The molecule has 0 amide bonds. The number of halogens is 2. The zero-order valence-corrected chi connectivity index (χ0v) is 3.08. The lowest BCUT2D eigenvalue weighted by atomic mass is 10.3. The van der Waals surface area contributed by atoms with E-state index in [0.717, 1.165) is 0 Å². The largest absolute Gasteiger partial charge is 0.631 e. The molecule has 0 radical (unpaired) electrons. The summed E-state index contributed by atoms with van der Waals surface area (Å²) in [6, 6.07) is 0. The predicted octanol–water partition coefficient (Wildman–Crippen LogP) is -1.28. The third-order valence-corrected chi connectivity index (χ3v) is 0. The van der Waals surface area contributed by atoms with E-state index in [-0.39, 0.29) is 0 Å². The molecule has 7 heteroatoms. The fraction of sp³-hybridized carbons (Fsp3) is 0. The van der Waals surface area contributed by atoms with Gasteiger partial charge in [0.1, 0.15) is 0 Å². The van der Waals surface area contributed by atoms with Gasteiger partial charge in [0.25, 0.3) is 0 Å². The Bertz CT molecular complexity index is 20.9. The summed E-state index contributed by atoms with van der Waals surface area (Å²) in [7, 11) is -2.17. The Morgan fingerprint density at radius 2 is 1.14 bits per heavy atom. The maximum Gasteiger partial charge on any atom is 0.631 e. The van der Waals surface area contributed by atoms with Crippen LogP contribution in [-0.2, 0) is 5.15 Å². The van der Waals surface area contributed by atoms with E-state index in [4.69, 9.17) is 24.1 Å². The van der Waals surface area contributed by atoms with Gasteiger partial charge in [-0.05, 0) is 9.05 Å². The summed E-state index contributed by atoms with van der Waals surface area (Å²) in [5.74, 6) is 0. The van der Waals surface area contributed by atoms with Crippen molar-refractivity contribution >= 4 is 7.32 Å². The average molecular weight is 116 g/mol. The van der Waals surface area contributed by atoms with Gasteiger partial charge in [0.15, 0.2) is 0 Å². The van der Waals surface area contributed by atoms with Gasteiger partial charge >= 0.3 is 7.32 Å². The second kappa shape index (κ2) is 9.23. The van der Waals surface area contributed by atoms with Gasteiger partial charge in [-0.15, -0.1) is 0 Å². The Morgan fingerprint density at radius 3 is 1.14 bits per heavy atom. The van der Waals surface area contributed by atoms with Crippen LogP contribution < -0.4 is 0 Å². The summed E-state index contributed by atoms with van der Waals surface area (Å²) in [5, 5.41) is 22.8. The van der Waals surface area contributed by atoms with E-state index in [1.165, 1.54) is 5.15 Å². The maximum absolute atomic E-state index is 9.12. The average Bonchev–Trinajstić information content (AvgIpc) is 1.33. The highest BCUT2D eigenvalue weighted by Gasteiger charge is 1.92. The molecule has 0 aromatic heterocycles. The Hall–Kier alpha value is -0.235. The molecule has 0 unspecified atom stereocenters. The van der Waals surface area contributed by atoms with Crippen LogP contribution in [0.25, 0.3) is 0 Å². The molecule has 4 nitrogen and oxygen atoms in total. The highest BCUT2D eigenvalue weighted by atomic mass is 19.6. The fourth-order valence-corrected chi connectivity index (χ4v) is 0. The van der Waals surface area contributed by atoms with Gasteiger partial charge in [0, 0.05) is 5.15 Å². The monoisotopic (exact) mass is 116 g/mol. The highest BCUT2D eigenvalue weighted by molar-refractivity contribution is 6.30. The van der Waals surface area contributed by atoms with Gasteiger partial charge in [-0.2, -0.15) is 0 Å². The molecule has 0 saturated heterocycles. The Kier molecular flexibility index (Phi) is 13.1. The summed E-state index contributed by atoms with van der Waals surface area (Å²) in [4.78, 5) is 0.